The highest BCUT2D eigenvalue weighted by atomic mass is 19.1. The lowest BCUT2D eigenvalue weighted by Gasteiger charge is -2.18. The molecule has 0 saturated carbocycles. The molecule has 2 N–H and O–H groups in total. The van der Waals surface area contributed by atoms with Gasteiger partial charge in [-0.2, -0.15) is 0 Å². The lowest BCUT2D eigenvalue weighted by atomic mass is 10.0. The predicted octanol–water partition coefficient (Wildman–Crippen LogP) is 2.83. The van der Waals surface area contributed by atoms with E-state index in [0.29, 0.717) is 12.0 Å². The number of benzene rings is 1. The minimum atomic E-state index is -0.169. The van der Waals surface area contributed by atoms with Crippen LogP contribution >= 0.6 is 0 Å². The van der Waals surface area contributed by atoms with Gasteiger partial charge in [-0.3, -0.25) is 0 Å². The SMILES string of the molecule is CCCNC(Cc1ncc[nH]1)c1ccccc1F. The fourth-order valence-corrected chi connectivity index (χ4v) is 1.97. The Kier molecular flexibility index (Phi) is 4.47. The van der Waals surface area contributed by atoms with Crippen LogP contribution in [0.5, 0.6) is 0 Å². The summed E-state index contributed by atoms with van der Waals surface area (Å²) in [6.45, 7) is 2.96. The van der Waals surface area contributed by atoms with Gasteiger partial charge in [-0.25, -0.2) is 9.37 Å². The third kappa shape index (κ3) is 3.17. The fourth-order valence-electron chi connectivity index (χ4n) is 1.97. The first-order chi connectivity index (χ1) is 8.81. The van der Waals surface area contributed by atoms with Crippen LogP contribution in [0.4, 0.5) is 4.39 Å². The Morgan fingerprint density at radius 1 is 1.39 bits per heavy atom. The van der Waals surface area contributed by atoms with Crippen molar-refractivity contribution < 1.29 is 4.39 Å². The molecule has 1 aromatic heterocycles. The van der Waals surface area contributed by atoms with E-state index in [1.165, 1.54) is 6.07 Å². The molecule has 0 amide bonds. The van der Waals surface area contributed by atoms with Gasteiger partial charge >= 0.3 is 0 Å². The van der Waals surface area contributed by atoms with Crippen molar-refractivity contribution in [1.29, 1.82) is 0 Å². The van der Waals surface area contributed by atoms with Gasteiger partial charge in [0.1, 0.15) is 11.6 Å². The Hall–Kier alpha value is -1.68. The van der Waals surface area contributed by atoms with Crippen LogP contribution in [0, 0.1) is 5.82 Å². The molecule has 0 aliphatic heterocycles. The zero-order valence-electron chi connectivity index (χ0n) is 10.5. The van der Waals surface area contributed by atoms with E-state index in [1.54, 1.807) is 18.5 Å². The molecule has 1 unspecified atom stereocenters. The van der Waals surface area contributed by atoms with Gasteiger partial charge in [0.25, 0.3) is 0 Å². The lowest BCUT2D eigenvalue weighted by molar-refractivity contribution is 0.490. The van der Waals surface area contributed by atoms with Gasteiger partial charge < -0.3 is 10.3 Å². The molecular formula is C14H18FN3. The van der Waals surface area contributed by atoms with Crippen molar-refractivity contribution in [2.75, 3.05) is 6.54 Å². The quantitative estimate of drug-likeness (QED) is 0.824. The first-order valence-electron chi connectivity index (χ1n) is 6.27. The maximum Gasteiger partial charge on any atom is 0.127 e. The number of aromatic amines is 1. The van der Waals surface area contributed by atoms with Crippen LogP contribution in [0.1, 0.15) is 30.8 Å². The molecule has 3 nitrogen and oxygen atoms in total. The van der Waals surface area contributed by atoms with Crippen LogP contribution in [0.15, 0.2) is 36.7 Å². The Labute approximate surface area is 106 Å². The summed E-state index contributed by atoms with van der Waals surface area (Å²) in [7, 11) is 0. The second kappa shape index (κ2) is 6.31. The van der Waals surface area contributed by atoms with Gasteiger partial charge in [-0.1, -0.05) is 25.1 Å². The highest BCUT2D eigenvalue weighted by Crippen LogP contribution is 2.19. The maximum absolute atomic E-state index is 13.8. The number of rotatable bonds is 6. The van der Waals surface area contributed by atoms with E-state index in [0.717, 1.165) is 18.8 Å². The van der Waals surface area contributed by atoms with E-state index < -0.39 is 0 Å². The molecular weight excluding hydrogens is 229 g/mol. The summed E-state index contributed by atoms with van der Waals surface area (Å²) < 4.78 is 13.8. The van der Waals surface area contributed by atoms with Crippen LogP contribution in [-0.4, -0.2) is 16.5 Å². The maximum atomic E-state index is 13.8. The molecule has 4 heteroatoms. The van der Waals surface area contributed by atoms with E-state index in [9.17, 15) is 4.39 Å². The van der Waals surface area contributed by atoms with Crippen molar-refractivity contribution in [3.8, 4) is 0 Å². The van der Waals surface area contributed by atoms with E-state index in [1.807, 2.05) is 12.1 Å². The number of halogens is 1. The second-order valence-electron chi connectivity index (χ2n) is 4.27. The Bertz CT molecular complexity index is 468. The number of nitrogens with one attached hydrogen (secondary N) is 2. The molecule has 1 aromatic carbocycles. The summed E-state index contributed by atoms with van der Waals surface area (Å²) in [6, 6.07) is 6.85. The average molecular weight is 247 g/mol. The minimum Gasteiger partial charge on any atom is -0.349 e. The van der Waals surface area contributed by atoms with Crippen molar-refractivity contribution in [1.82, 2.24) is 15.3 Å². The third-order valence-electron chi connectivity index (χ3n) is 2.87. The van der Waals surface area contributed by atoms with Crippen molar-refractivity contribution in [3.63, 3.8) is 0 Å². The van der Waals surface area contributed by atoms with Crippen LogP contribution in [0.3, 0.4) is 0 Å². The first kappa shape index (κ1) is 12.8. The second-order valence-corrected chi connectivity index (χ2v) is 4.27. The fraction of sp³-hybridized carbons (Fsp3) is 0.357. The monoisotopic (exact) mass is 247 g/mol. The molecule has 2 rings (SSSR count). The summed E-state index contributed by atoms with van der Waals surface area (Å²) >= 11 is 0. The Balaban J connectivity index is 2.16. The van der Waals surface area contributed by atoms with E-state index in [4.69, 9.17) is 0 Å². The molecule has 1 heterocycles. The highest BCUT2D eigenvalue weighted by Gasteiger charge is 2.16. The van der Waals surface area contributed by atoms with E-state index in [-0.39, 0.29) is 11.9 Å². The molecule has 0 spiro atoms. The van der Waals surface area contributed by atoms with Gasteiger partial charge in [0.15, 0.2) is 0 Å². The number of hydrogen-bond acceptors (Lipinski definition) is 2. The van der Waals surface area contributed by atoms with Gasteiger partial charge in [0.05, 0.1) is 0 Å². The van der Waals surface area contributed by atoms with Gasteiger partial charge in [-0.15, -0.1) is 0 Å². The highest BCUT2D eigenvalue weighted by molar-refractivity contribution is 5.22. The third-order valence-corrected chi connectivity index (χ3v) is 2.87. The number of hydrogen-bond donors (Lipinski definition) is 2. The number of nitrogens with zero attached hydrogens (tertiary/aromatic N) is 1. The Morgan fingerprint density at radius 3 is 2.89 bits per heavy atom. The molecule has 0 saturated heterocycles. The van der Waals surface area contributed by atoms with Gasteiger partial charge in [-0.05, 0) is 19.0 Å². The molecule has 0 bridgehead atoms. The summed E-state index contributed by atoms with van der Waals surface area (Å²) in [5.41, 5.74) is 0.697. The molecule has 18 heavy (non-hydrogen) atoms. The van der Waals surface area contributed by atoms with Crippen molar-refractivity contribution >= 4 is 0 Å². The predicted molar refractivity (Wildman–Crippen MR) is 69.7 cm³/mol. The van der Waals surface area contributed by atoms with Crippen molar-refractivity contribution in [2.45, 2.75) is 25.8 Å². The lowest BCUT2D eigenvalue weighted by Crippen LogP contribution is -2.25. The van der Waals surface area contributed by atoms with Crippen LogP contribution in [-0.2, 0) is 6.42 Å². The minimum absolute atomic E-state index is 0.0442. The standard InChI is InChI=1S/C14H18FN3/c1-2-7-16-13(10-14-17-8-9-18-14)11-5-3-4-6-12(11)15/h3-6,8-9,13,16H,2,7,10H2,1H3,(H,17,18). The molecule has 1 atom stereocenters. The largest absolute Gasteiger partial charge is 0.349 e. The average Bonchev–Trinajstić information content (AvgIpc) is 2.88. The van der Waals surface area contributed by atoms with Crippen LogP contribution < -0.4 is 5.32 Å². The van der Waals surface area contributed by atoms with E-state index in [2.05, 4.69) is 22.2 Å². The molecule has 0 radical (unpaired) electrons. The number of imidazole rings is 1. The Morgan fingerprint density at radius 2 is 2.22 bits per heavy atom. The first-order valence-corrected chi connectivity index (χ1v) is 6.27. The van der Waals surface area contributed by atoms with Crippen LogP contribution in [0.25, 0.3) is 0 Å². The number of aromatic nitrogens is 2. The molecule has 0 aliphatic carbocycles. The summed E-state index contributed by atoms with van der Waals surface area (Å²) in [6.07, 6.45) is 5.18. The summed E-state index contributed by atoms with van der Waals surface area (Å²) in [5.74, 6) is 0.699. The molecule has 2 aromatic rings. The molecule has 0 aliphatic rings. The summed E-state index contributed by atoms with van der Waals surface area (Å²) in [5, 5.41) is 3.36. The summed E-state index contributed by atoms with van der Waals surface area (Å²) in [4.78, 5) is 7.26. The van der Waals surface area contributed by atoms with Crippen molar-refractivity contribution in [2.24, 2.45) is 0 Å². The van der Waals surface area contributed by atoms with Gasteiger partial charge in [0.2, 0.25) is 0 Å². The zero-order chi connectivity index (χ0) is 12.8. The van der Waals surface area contributed by atoms with Crippen LogP contribution in [0.2, 0.25) is 0 Å². The normalized spacial score (nSPS) is 12.6. The van der Waals surface area contributed by atoms with Crippen molar-refractivity contribution in [3.05, 3.63) is 53.9 Å². The zero-order valence-corrected chi connectivity index (χ0v) is 10.5. The van der Waals surface area contributed by atoms with Gasteiger partial charge in [0, 0.05) is 30.4 Å². The number of H-pyrrole nitrogens is 1. The molecule has 0 fully saturated rings. The molecule has 96 valence electrons. The van der Waals surface area contributed by atoms with E-state index >= 15 is 0 Å². The topological polar surface area (TPSA) is 40.7 Å². The smallest absolute Gasteiger partial charge is 0.127 e.